The van der Waals surface area contributed by atoms with Gasteiger partial charge in [0.1, 0.15) is 6.61 Å². The zero-order chi connectivity index (χ0) is 19.4. The van der Waals surface area contributed by atoms with Gasteiger partial charge in [-0.05, 0) is 38.5 Å². The molecule has 0 unspecified atom stereocenters. The smallest absolute Gasteiger partial charge is 0.274 e. The lowest BCUT2D eigenvalue weighted by Gasteiger charge is -2.43. The number of rotatable bonds is 6. The van der Waals surface area contributed by atoms with Crippen LogP contribution >= 0.6 is 0 Å². The second-order valence-electron chi connectivity index (χ2n) is 7.14. The first-order valence-corrected chi connectivity index (χ1v) is 9.46. The highest BCUT2D eigenvalue weighted by atomic mass is 19.1. The van der Waals surface area contributed by atoms with E-state index in [0.717, 1.165) is 13.0 Å². The maximum Gasteiger partial charge on any atom is 0.274 e. The summed E-state index contributed by atoms with van der Waals surface area (Å²) in [5.74, 6) is -0.317. The first kappa shape index (κ1) is 19.4. The van der Waals surface area contributed by atoms with E-state index in [-0.39, 0.29) is 18.3 Å². The van der Waals surface area contributed by atoms with E-state index in [1.54, 1.807) is 24.3 Å². The molecule has 0 radical (unpaired) electrons. The van der Waals surface area contributed by atoms with E-state index in [9.17, 15) is 9.18 Å². The summed E-state index contributed by atoms with van der Waals surface area (Å²) in [4.78, 5) is 17.1. The first-order valence-electron chi connectivity index (χ1n) is 9.46. The predicted octanol–water partition coefficient (Wildman–Crippen LogP) is 3.07. The van der Waals surface area contributed by atoms with Crippen LogP contribution in [0.3, 0.4) is 0 Å². The molecule has 3 rings (SSSR count). The fourth-order valence-electron chi connectivity index (χ4n) is 3.52. The van der Waals surface area contributed by atoms with Gasteiger partial charge in [0.15, 0.2) is 17.3 Å². The van der Waals surface area contributed by atoms with Crippen LogP contribution < -0.4 is 4.74 Å². The lowest BCUT2D eigenvalue weighted by Crippen LogP contribution is -2.56. The van der Waals surface area contributed by atoms with Crippen molar-refractivity contribution in [2.75, 3.05) is 19.6 Å². The molecule has 2 aromatic rings. The van der Waals surface area contributed by atoms with Crippen molar-refractivity contribution in [3.8, 4) is 5.75 Å². The number of aromatic nitrogens is 2. The van der Waals surface area contributed by atoms with E-state index < -0.39 is 5.82 Å². The zero-order valence-corrected chi connectivity index (χ0v) is 16.1. The third kappa shape index (κ3) is 4.47. The van der Waals surface area contributed by atoms with E-state index in [2.05, 4.69) is 35.9 Å². The monoisotopic (exact) mass is 374 g/mol. The number of hydrogen-bond donors (Lipinski definition) is 1. The average molecular weight is 374 g/mol. The average Bonchev–Trinajstić information content (AvgIpc) is 3.15. The van der Waals surface area contributed by atoms with Crippen LogP contribution in [0.1, 0.15) is 43.4 Å². The molecule has 1 atom stereocenters. The Bertz CT molecular complexity index is 777. The number of amides is 1. The molecule has 1 N–H and O–H groups in total. The third-order valence-corrected chi connectivity index (χ3v) is 5.02. The summed E-state index contributed by atoms with van der Waals surface area (Å²) in [7, 11) is 0. The molecule has 27 heavy (non-hydrogen) atoms. The molecule has 2 heterocycles. The molecule has 0 bridgehead atoms. The van der Waals surface area contributed by atoms with Crippen LogP contribution in [-0.4, -0.2) is 57.6 Å². The highest BCUT2D eigenvalue weighted by Crippen LogP contribution is 2.19. The fourth-order valence-corrected chi connectivity index (χ4v) is 3.52. The summed E-state index contributed by atoms with van der Waals surface area (Å²) in [6.07, 6.45) is 1.00. The number of carbonyl (C=O) groups is 1. The van der Waals surface area contributed by atoms with E-state index >= 15 is 0 Å². The largest absolute Gasteiger partial charge is 0.484 e. The first-order chi connectivity index (χ1) is 13.0. The predicted molar refractivity (Wildman–Crippen MR) is 101 cm³/mol. The number of halogens is 1. The molecule has 0 aliphatic carbocycles. The quantitative estimate of drug-likeness (QED) is 0.844. The van der Waals surface area contributed by atoms with Crippen molar-refractivity contribution in [3.63, 3.8) is 0 Å². The topological polar surface area (TPSA) is 61.5 Å². The van der Waals surface area contributed by atoms with Crippen molar-refractivity contribution in [2.24, 2.45) is 0 Å². The molecule has 1 fully saturated rings. The Kier molecular flexibility index (Phi) is 6.11. The van der Waals surface area contributed by atoms with Crippen LogP contribution in [0.4, 0.5) is 4.39 Å². The molecular formula is C20H27FN4O2. The van der Waals surface area contributed by atoms with Gasteiger partial charge in [-0.2, -0.15) is 5.10 Å². The molecule has 0 saturated carbocycles. The van der Waals surface area contributed by atoms with Gasteiger partial charge < -0.3 is 9.64 Å². The van der Waals surface area contributed by atoms with Gasteiger partial charge in [-0.3, -0.25) is 14.8 Å². The molecular weight excluding hydrogens is 347 g/mol. The minimum absolute atomic E-state index is 0.0785. The van der Waals surface area contributed by atoms with Crippen LogP contribution in [0.25, 0.3) is 0 Å². The van der Waals surface area contributed by atoms with E-state index in [4.69, 9.17) is 4.74 Å². The van der Waals surface area contributed by atoms with Crippen LogP contribution in [-0.2, 0) is 6.61 Å². The van der Waals surface area contributed by atoms with Crippen molar-refractivity contribution in [3.05, 3.63) is 47.5 Å². The Balaban J connectivity index is 1.61. The standard InChI is InChI=1S/C20H27FN4O2/c1-4-16-12-24(9-10-25(16)14(2)3)20(26)18-11-15(22-23-18)13-27-19-8-6-5-7-17(19)21/h5-8,11,14,16H,4,9-10,12-13H2,1-3H3,(H,22,23)/t16-/m1/s1. The lowest BCUT2D eigenvalue weighted by molar-refractivity contribution is 0.0367. The molecule has 7 heteroatoms. The van der Waals surface area contributed by atoms with Crippen molar-refractivity contribution in [2.45, 2.75) is 45.9 Å². The van der Waals surface area contributed by atoms with Gasteiger partial charge in [0.05, 0.1) is 5.69 Å². The second-order valence-corrected chi connectivity index (χ2v) is 7.14. The molecule has 0 spiro atoms. The molecule has 1 aliphatic rings. The molecule has 1 amide bonds. The molecule has 146 valence electrons. The summed E-state index contributed by atoms with van der Waals surface area (Å²) in [5.41, 5.74) is 1.00. The minimum atomic E-state index is -0.415. The minimum Gasteiger partial charge on any atom is -0.484 e. The Morgan fingerprint density at radius 3 is 2.85 bits per heavy atom. The van der Waals surface area contributed by atoms with Gasteiger partial charge in [0.25, 0.3) is 5.91 Å². The normalized spacial score (nSPS) is 18.1. The number of benzene rings is 1. The highest BCUT2D eigenvalue weighted by Gasteiger charge is 2.31. The van der Waals surface area contributed by atoms with E-state index in [1.807, 2.05) is 4.90 Å². The molecule has 1 aliphatic heterocycles. The lowest BCUT2D eigenvalue weighted by atomic mass is 10.1. The number of carbonyl (C=O) groups excluding carboxylic acids is 1. The Labute approximate surface area is 159 Å². The molecule has 1 aromatic heterocycles. The summed E-state index contributed by atoms with van der Waals surface area (Å²) in [6.45, 7) is 8.94. The van der Waals surface area contributed by atoms with E-state index in [1.165, 1.54) is 6.07 Å². The highest BCUT2D eigenvalue weighted by molar-refractivity contribution is 5.92. The molecule has 6 nitrogen and oxygen atoms in total. The van der Waals surface area contributed by atoms with Gasteiger partial charge in [-0.1, -0.05) is 19.1 Å². The van der Waals surface area contributed by atoms with Crippen molar-refractivity contribution >= 4 is 5.91 Å². The van der Waals surface area contributed by atoms with Crippen LogP contribution in [0.2, 0.25) is 0 Å². The van der Waals surface area contributed by atoms with Gasteiger partial charge in [-0.25, -0.2) is 4.39 Å². The zero-order valence-electron chi connectivity index (χ0n) is 16.1. The second kappa shape index (κ2) is 8.52. The fraction of sp³-hybridized carbons (Fsp3) is 0.500. The van der Waals surface area contributed by atoms with Gasteiger partial charge in [0, 0.05) is 31.7 Å². The summed E-state index contributed by atoms with van der Waals surface area (Å²) in [6, 6.07) is 8.75. The number of hydrogen-bond acceptors (Lipinski definition) is 4. The van der Waals surface area contributed by atoms with Crippen LogP contribution in [0.15, 0.2) is 30.3 Å². The van der Waals surface area contributed by atoms with Crippen molar-refractivity contribution < 1.29 is 13.9 Å². The number of aromatic amines is 1. The van der Waals surface area contributed by atoms with Crippen LogP contribution in [0, 0.1) is 5.82 Å². The van der Waals surface area contributed by atoms with Gasteiger partial charge >= 0.3 is 0 Å². The SMILES string of the molecule is CC[C@@H]1CN(C(=O)c2cc(COc3ccccc3F)[nH]n2)CCN1C(C)C. The summed E-state index contributed by atoms with van der Waals surface area (Å²) < 4.78 is 19.1. The Hall–Kier alpha value is -2.41. The number of ether oxygens (including phenoxy) is 1. The Morgan fingerprint density at radius 2 is 2.15 bits per heavy atom. The molecule has 1 aromatic carbocycles. The number of para-hydroxylation sites is 1. The Morgan fingerprint density at radius 1 is 1.37 bits per heavy atom. The number of nitrogens with one attached hydrogen (secondary N) is 1. The van der Waals surface area contributed by atoms with Crippen molar-refractivity contribution in [1.29, 1.82) is 0 Å². The van der Waals surface area contributed by atoms with E-state index in [0.29, 0.717) is 36.6 Å². The maximum absolute atomic E-state index is 13.6. The number of nitrogens with zero attached hydrogens (tertiary/aromatic N) is 3. The number of piperazine rings is 1. The third-order valence-electron chi connectivity index (χ3n) is 5.02. The number of H-pyrrole nitrogens is 1. The van der Waals surface area contributed by atoms with Gasteiger partial charge in [0.2, 0.25) is 0 Å². The van der Waals surface area contributed by atoms with Crippen LogP contribution in [0.5, 0.6) is 5.75 Å². The summed E-state index contributed by atoms with van der Waals surface area (Å²) >= 11 is 0. The van der Waals surface area contributed by atoms with Crippen molar-refractivity contribution in [1.82, 2.24) is 20.0 Å². The maximum atomic E-state index is 13.6. The van der Waals surface area contributed by atoms with Gasteiger partial charge in [-0.15, -0.1) is 0 Å². The molecule has 1 saturated heterocycles. The summed E-state index contributed by atoms with van der Waals surface area (Å²) in [5, 5.41) is 6.94.